The summed E-state index contributed by atoms with van der Waals surface area (Å²) < 4.78 is 17.7. The minimum atomic E-state index is -1.04. The van der Waals surface area contributed by atoms with E-state index in [1.54, 1.807) is 18.5 Å². The third-order valence-corrected chi connectivity index (χ3v) is 7.77. The maximum Gasteiger partial charge on any atom is 0.254 e. The van der Waals surface area contributed by atoms with Crippen molar-refractivity contribution in [2.45, 2.75) is 39.5 Å². The molecule has 4 rings (SSSR count). The van der Waals surface area contributed by atoms with Crippen molar-refractivity contribution in [2.75, 3.05) is 25.5 Å². The van der Waals surface area contributed by atoms with E-state index in [0.29, 0.717) is 23.6 Å². The van der Waals surface area contributed by atoms with Crippen LogP contribution >= 0.6 is 33.9 Å². The lowest BCUT2D eigenvalue weighted by atomic mass is 9.79. The average Bonchev–Trinajstić information content (AvgIpc) is 3.33. The van der Waals surface area contributed by atoms with Crippen LogP contribution < -0.4 is 5.32 Å². The molecule has 182 valence electrons. The molecule has 3 N–H and O–H groups in total. The topological polar surface area (TPSA) is 104 Å². The number of hydrogen-bond acceptors (Lipinski definition) is 7. The van der Waals surface area contributed by atoms with Crippen LogP contribution in [-0.4, -0.2) is 62.1 Å². The molecule has 0 saturated heterocycles. The first-order valence-corrected chi connectivity index (χ1v) is 12.8. The summed E-state index contributed by atoms with van der Waals surface area (Å²) in [4.78, 5) is 15.7. The van der Waals surface area contributed by atoms with Crippen molar-refractivity contribution >= 4 is 45.5 Å². The molecular weight excluding hydrogens is 572 g/mol. The molecule has 11 heteroatoms. The number of nitrogens with zero attached hydrogens (tertiary/aromatic N) is 4. The van der Waals surface area contributed by atoms with Crippen molar-refractivity contribution in [3.05, 3.63) is 49.9 Å². The van der Waals surface area contributed by atoms with Crippen LogP contribution in [0.4, 0.5) is 10.1 Å². The molecular formula is C23H27FIN5O3S. The molecule has 0 spiro atoms. The van der Waals surface area contributed by atoms with Crippen molar-refractivity contribution in [3.63, 3.8) is 0 Å². The van der Waals surface area contributed by atoms with E-state index in [9.17, 15) is 19.4 Å². The Labute approximate surface area is 215 Å². The number of rotatable bonds is 6. The van der Waals surface area contributed by atoms with E-state index in [0.717, 1.165) is 19.8 Å². The van der Waals surface area contributed by atoms with E-state index in [4.69, 9.17) is 0 Å². The summed E-state index contributed by atoms with van der Waals surface area (Å²) in [5.74, 6) is 0.783. The van der Waals surface area contributed by atoms with E-state index < -0.39 is 24.2 Å². The highest BCUT2D eigenvalue weighted by Gasteiger charge is 2.42. The van der Waals surface area contributed by atoms with Gasteiger partial charge in [-0.15, -0.1) is 21.5 Å². The molecule has 2 unspecified atom stereocenters. The second kappa shape index (κ2) is 9.51. The Morgan fingerprint density at radius 2 is 2.18 bits per heavy atom. The number of halogens is 2. The molecule has 1 amide bonds. The molecule has 2 aromatic heterocycles. The molecule has 0 aliphatic carbocycles. The molecule has 1 aromatic carbocycles. The van der Waals surface area contributed by atoms with Crippen LogP contribution in [0.2, 0.25) is 0 Å². The van der Waals surface area contributed by atoms with Crippen molar-refractivity contribution in [3.8, 4) is 10.7 Å². The van der Waals surface area contributed by atoms with Crippen LogP contribution in [0, 0.1) is 21.7 Å². The van der Waals surface area contributed by atoms with Crippen LogP contribution in [-0.2, 0) is 6.54 Å². The highest BCUT2D eigenvalue weighted by atomic mass is 127. The van der Waals surface area contributed by atoms with E-state index >= 15 is 0 Å². The summed E-state index contributed by atoms with van der Waals surface area (Å²) in [6.07, 6.45) is -1.04. The standard InChI is InChI=1S/C23H27FIN5O3S/c1-12-27-28-21-19-18(15(10-34-19)22(33)29(4)8-14(32)9-31)20(23(2,3)11-30(12)21)26-17-6-5-13(25)7-16(17)24/h5-7,10,14,20,26,31-32H,8-9,11H2,1-4H3. The Morgan fingerprint density at radius 3 is 2.85 bits per heavy atom. The maximum absolute atomic E-state index is 14.9. The number of aliphatic hydroxyl groups is 2. The lowest BCUT2D eigenvalue weighted by Gasteiger charge is -2.35. The molecule has 3 aromatic rings. The third-order valence-electron chi connectivity index (χ3n) is 6.11. The van der Waals surface area contributed by atoms with Crippen LogP contribution in [0.3, 0.4) is 0 Å². The molecule has 1 aliphatic rings. The summed E-state index contributed by atoms with van der Waals surface area (Å²) >= 11 is 3.46. The van der Waals surface area contributed by atoms with Gasteiger partial charge < -0.3 is 25.0 Å². The monoisotopic (exact) mass is 599 g/mol. The molecule has 3 heterocycles. The van der Waals surface area contributed by atoms with Gasteiger partial charge in [-0.25, -0.2) is 4.39 Å². The Hall–Kier alpha value is -2.09. The summed E-state index contributed by atoms with van der Waals surface area (Å²) in [7, 11) is 1.58. The number of carbonyl (C=O) groups is 1. The van der Waals surface area contributed by atoms with Gasteiger partial charge >= 0.3 is 0 Å². The summed E-state index contributed by atoms with van der Waals surface area (Å²) in [6, 6.07) is 4.59. The fraction of sp³-hybridized carbons (Fsp3) is 0.435. The van der Waals surface area contributed by atoms with Crippen molar-refractivity contribution in [1.82, 2.24) is 19.7 Å². The van der Waals surface area contributed by atoms with Gasteiger partial charge in [0.05, 0.1) is 34.9 Å². The second-order valence-corrected chi connectivity index (χ2v) is 11.4. The number of nitrogens with one attached hydrogen (secondary N) is 1. The Bertz CT molecular complexity index is 1230. The van der Waals surface area contributed by atoms with Gasteiger partial charge in [-0.05, 0) is 47.7 Å². The predicted octanol–water partition coefficient (Wildman–Crippen LogP) is 3.68. The number of aryl methyl sites for hydroxylation is 1. The van der Waals surface area contributed by atoms with Crippen molar-refractivity contribution in [2.24, 2.45) is 5.41 Å². The van der Waals surface area contributed by atoms with Crippen molar-refractivity contribution in [1.29, 1.82) is 0 Å². The number of carbonyl (C=O) groups excluding carboxylic acids is 1. The van der Waals surface area contributed by atoms with Gasteiger partial charge in [-0.2, -0.15) is 0 Å². The van der Waals surface area contributed by atoms with Gasteiger partial charge in [0.2, 0.25) is 0 Å². The van der Waals surface area contributed by atoms with Gasteiger partial charge in [-0.3, -0.25) is 4.79 Å². The number of likely N-dealkylation sites (N-methyl/N-ethyl adjacent to an activating group) is 1. The number of fused-ring (bicyclic) bond motifs is 3. The highest BCUT2D eigenvalue weighted by molar-refractivity contribution is 14.1. The number of amides is 1. The van der Waals surface area contributed by atoms with Crippen LogP contribution in [0.1, 0.15) is 41.6 Å². The zero-order valence-electron chi connectivity index (χ0n) is 19.3. The van der Waals surface area contributed by atoms with Crippen molar-refractivity contribution < 1.29 is 19.4 Å². The minimum absolute atomic E-state index is 0.0114. The Morgan fingerprint density at radius 1 is 1.44 bits per heavy atom. The molecule has 2 atom stereocenters. The van der Waals surface area contributed by atoms with E-state index in [1.807, 2.05) is 17.6 Å². The van der Waals surface area contributed by atoms with Gasteiger partial charge in [-0.1, -0.05) is 13.8 Å². The molecule has 0 radical (unpaired) electrons. The number of benzene rings is 1. The summed E-state index contributed by atoms with van der Waals surface area (Å²) in [5.41, 5.74) is 1.09. The van der Waals surface area contributed by atoms with Crippen LogP contribution in [0.5, 0.6) is 0 Å². The first-order valence-electron chi connectivity index (χ1n) is 10.8. The van der Waals surface area contributed by atoms with Crippen LogP contribution in [0.15, 0.2) is 23.6 Å². The van der Waals surface area contributed by atoms with Crippen LogP contribution in [0.25, 0.3) is 10.7 Å². The van der Waals surface area contributed by atoms with E-state index in [1.165, 1.54) is 22.3 Å². The lowest BCUT2D eigenvalue weighted by molar-refractivity contribution is 0.0519. The fourth-order valence-electron chi connectivity index (χ4n) is 4.31. The van der Waals surface area contributed by atoms with Gasteiger partial charge in [0.15, 0.2) is 5.82 Å². The van der Waals surface area contributed by atoms with E-state index in [2.05, 4.69) is 52.0 Å². The number of anilines is 1. The highest BCUT2D eigenvalue weighted by Crippen LogP contribution is 2.49. The first kappa shape index (κ1) is 25.0. The molecule has 8 nitrogen and oxygen atoms in total. The minimum Gasteiger partial charge on any atom is -0.394 e. The molecule has 0 bridgehead atoms. The SMILES string of the molecule is Cc1nnc2n1CC(C)(C)C(Nc1ccc(I)cc1F)c1c(C(=O)N(C)CC(O)CO)csc1-2. The normalized spacial score (nSPS) is 17.5. The number of aromatic nitrogens is 3. The molecule has 0 saturated carbocycles. The third kappa shape index (κ3) is 4.58. The largest absolute Gasteiger partial charge is 0.394 e. The Kier molecular flexibility index (Phi) is 7.00. The summed E-state index contributed by atoms with van der Waals surface area (Å²) in [6.45, 7) is 6.15. The van der Waals surface area contributed by atoms with Gasteiger partial charge in [0.1, 0.15) is 11.6 Å². The smallest absolute Gasteiger partial charge is 0.254 e. The lowest BCUT2D eigenvalue weighted by Crippen LogP contribution is -2.37. The average molecular weight is 599 g/mol. The van der Waals surface area contributed by atoms with Gasteiger partial charge in [0, 0.05) is 40.1 Å². The number of hydrogen-bond donors (Lipinski definition) is 3. The maximum atomic E-state index is 14.9. The fourth-order valence-corrected chi connectivity index (χ4v) is 5.84. The molecule has 1 aliphatic heterocycles. The van der Waals surface area contributed by atoms with Gasteiger partial charge in [0.25, 0.3) is 5.91 Å². The first-order chi connectivity index (χ1) is 16.0. The molecule has 0 fully saturated rings. The number of thiophene rings is 1. The predicted molar refractivity (Wildman–Crippen MR) is 137 cm³/mol. The Balaban J connectivity index is 1.86. The zero-order chi connectivity index (χ0) is 24.8. The quantitative estimate of drug-likeness (QED) is 0.374. The molecule has 34 heavy (non-hydrogen) atoms. The zero-order valence-corrected chi connectivity index (χ0v) is 22.3. The number of aliphatic hydroxyl groups excluding tert-OH is 2. The second-order valence-electron chi connectivity index (χ2n) is 9.26. The summed E-state index contributed by atoms with van der Waals surface area (Å²) in [5, 5.41) is 32.9. The van der Waals surface area contributed by atoms with E-state index in [-0.39, 0.29) is 18.3 Å².